The molecule has 0 saturated heterocycles. The lowest BCUT2D eigenvalue weighted by atomic mass is 9.95. The van der Waals surface area contributed by atoms with Gasteiger partial charge < -0.3 is 14.3 Å². The third kappa shape index (κ3) is 2.80. The number of amides is 1. The van der Waals surface area contributed by atoms with Crippen LogP contribution in [0.15, 0.2) is 70.0 Å². The van der Waals surface area contributed by atoms with E-state index in [0.717, 1.165) is 0 Å². The molecule has 4 rings (SSSR count). The fourth-order valence-electron chi connectivity index (χ4n) is 3.04. The van der Waals surface area contributed by atoms with Crippen molar-refractivity contribution < 1.29 is 23.8 Å². The van der Waals surface area contributed by atoms with E-state index in [-0.39, 0.29) is 11.3 Å². The van der Waals surface area contributed by atoms with Crippen LogP contribution >= 0.6 is 11.3 Å². The summed E-state index contributed by atoms with van der Waals surface area (Å²) >= 11 is 1.24. The van der Waals surface area contributed by atoms with Crippen molar-refractivity contribution in [2.24, 2.45) is 0 Å². The van der Waals surface area contributed by atoms with Crippen LogP contribution in [-0.2, 0) is 4.79 Å². The summed E-state index contributed by atoms with van der Waals surface area (Å²) in [7, 11) is 1.53. The molecule has 27 heavy (non-hydrogen) atoms. The minimum Gasteiger partial charge on any atom is -0.503 e. The van der Waals surface area contributed by atoms with Gasteiger partial charge in [-0.1, -0.05) is 12.1 Å². The zero-order valence-electron chi connectivity index (χ0n) is 14.2. The van der Waals surface area contributed by atoms with E-state index in [1.54, 1.807) is 41.9 Å². The number of aliphatic hydroxyl groups excluding tert-OH is 1. The summed E-state index contributed by atoms with van der Waals surface area (Å²) in [5, 5.41) is 12.6. The molecular weight excluding hydrogens is 368 g/mol. The van der Waals surface area contributed by atoms with Crippen LogP contribution in [0.2, 0.25) is 0 Å². The highest BCUT2D eigenvalue weighted by atomic mass is 32.1. The van der Waals surface area contributed by atoms with Crippen LogP contribution in [0, 0.1) is 0 Å². The molecule has 136 valence electrons. The van der Waals surface area contributed by atoms with E-state index < -0.39 is 23.5 Å². The summed E-state index contributed by atoms with van der Waals surface area (Å²) in [6.45, 7) is 0. The average Bonchev–Trinajstić information content (AvgIpc) is 3.43. The number of hydrogen-bond acceptors (Lipinski definition) is 7. The van der Waals surface area contributed by atoms with Crippen molar-refractivity contribution in [3.05, 3.63) is 76.9 Å². The summed E-state index contributed by atoms with van der Waals surface area (Å²) < 4.78 is 10.4. The summed E-state index contributed by atoms with van der Waals surface area (Å²) in [6, 6.07) is 9.19. The third-order valence-corrected chi connectivity index (χ3v) is 5.00. The standard InChI is InChI=1S/C19H14N2O5S/c1-25-12-5-2-4-11(10-12)15-14(16(22)13-6-3-8-26-13)17(23)18(24)21(15)19-20-7-9-27-19/h2-10,15,23H,1H3/t15-/m0/s1. The Kier molecular flexibility index (Phi) is 4.25. The van der Waals surface area contributed by atoms with Crippen molar-refractivity contribution in [3.8, 4) is 5.75 Å². The number of anilines is 1. The van der Waals surface area contributed by atoms with Crippen LogP contribution in [0.5, 0.6) is 5.75 Å². The zero-order valence-corrected chi connectivity index (χ0v) is 15.0. The average molecular weight is 382 g/mol. The predicted octanol–water partition coefficient (Wildman–Crippen LogP) is 3.53. The number of nitrogens with zero attached hydrogens (tertiary/aromatic N) is 2. The molecule has 1 aliphatic heterocycles. The second kappa shape index (κ2) is 6.73. The molecule has 0 unspecified atom stereocenters. The van der Waals surface area contributed by atoms with E-state index in [4.69, 9.17) is 9.15 Å². The maximum Gasteiger partial charge on any atom is 0.296 e. The predicted molar refractivity (Wildman–Crippen MR) is 98.0 cm³/mol. The molecular formula is C19H14N2O5S. The van der Waals surface area contributed by atoms with Crippen LogP contribution in [0.1, 0.15) is 22.2 Å². The molecule has 1 aromatic carbocycles. The van der Waals surface area contributed by atoms with Crippen LogP contribution in [0.4, 0.5) is 5.13 Å². The molecule has 3 heterocycles. The summed E-state index contributed by atoms with van der Waals surface area (Å²) in [6.07, 6.45) is 2.92. The molecule has 1 atom stereocenters. The third-order valence-electron chi connectivity index (χ3n) is 4.23. The minimum absolute atomic E-state index is 0.0400. The van der Waals surface area contributed by atoms with Crippen molar-refractivity contribution in [2.75, 3.05) is 12.0 Å². The van der Waals surface area contributed by atoms with E-state index in [1.165, 1.54) is 35.7 Å². The Morgan fingerprint density at radius 1 is 1.33 bits per heavy atom. The lowest BCUT2D eigenvalue weighted by molar-refractivity contribution is -0.117. The fourth-order valence-corrected chi connectivity index (χ4v) is 3.70. The van der Waals surface area contributed by atoms with E-state index >= 15 is 0 Å². The van der Waals surface area contributed by atoms with Gasteiger partial charge in [-0.3, -0.25) is 14.5 Å². The number of aliphatic hydroxyl groups is 1. The highest BCUT2D eigenvalue weighted by Gasteiger charge is 2.46. The van der Waals surface area contributed by atoms with Crippen molar-refractivity contribution in [3.63, 3.8) is 0 Å². The number of thiazole rings is 1. The second-order valence-corrected chi connectivity index (χ2v) is 6.61. The number of ketones is 1. The molecule has 0 spiro atoms. The van der Waals surface area contributed by atoms with Crippen molar-refractivity contribution in [1.82, 2.24) is 4.98 Å². The normalized spacial score (nSPS) is 16.9. The van der Waals surface area contributed by atoms with Gasteiger partial charge in [0, 0.05) is 11.6 Å². The van der Waals surface area contributed by atoms with Crippen LogP contribution in [0.3, 0.4) is 0 Å². The van der Waals surface area contributed by atoms with Gasteiger partial charge in [-0.15, -0.1) is 11.3 Å². The fraction of sp³-hybridized carbons (Fsp3) is 0.105. The van der Waals surface area contributed by atoms with Gasteiger partial charge in [-0.2, -0.15) is 0 Å². The molecule has 0 aliphatic carbocycles. The first-order chi connectivity index (χ1) is 13.1. The van der Waals surface area contributed by atoms with Crippen molar-refractivity contribution >= 4 is 28.2 Å². The summed E-state index contributed by atoms with van der Waals surface area (Å²) in [5.41, 5.74) is 0.551. The number of carbonyl (C=O) groups is 2. The maximum absolute atomic E-state index is 13.0. The molecule has 1 aliphatic rings. The topological polar surface area (TPSA) is 92.9 Å². The molecule has 0 saturated carbocycles. The molecule has 0 fully saturated rings. The number of Topliss-reactive ketones (excluding diaryl/α,β-unsaturated/α-hetero) is 1. The van der Waals surface area contributed by atoms with E-state index in [0.29, 0.717) is 16.4 Å². The number of aromatic nitrogens is 1. The smallest absolute Gasteiger partial charge is 0.296 e. The Labute approximate surface area is 158 Å². The van der Waals surface area contributed by atoms with E-state index in [9.17, 15) is 14.7 Å². The second-order valence-electron chi connectivity index (χ2n) is 5.74. The highest BCUT2D eigenvalue weighted by Crippen LogP contribution is 2.43. The van der Waals surface area contributed by atoms with Gasteiger partial charge in [0.05, 0.1) is 25.0 Å². The number of furan rings is 1. The van der Waals surface area contributed by atoms with Gasteiger partial charge in [-0.25, -0.2) is 4.98 Å². The summed E-state index contributed by atoms with van der Waals surface area (Å²) in [4.78, 5) is 31.3. The van der Waals surface area contributed by atoms with Crippen LogP contribution in [0.25, 0.3) is 0 Å². The lowest BCUT2D eigenvalue weighted by Gasteiger charge is -2.24. The first-order valence-corrected chi connectivity index (χ1v) is 8.88. The lowest BCUT2D eigenvalue weighted by Crippen LogP contribution is -2.30. The zero-order chi connectivity index (χ0) is 19.0. The Hall–Kier alpha value is -3.39. The molecule has 1 N–H and O–H groups in total. The SMILES string of the molecule is COc1cccc([C@H]2C(C(=O)c3ccco3)=C(O)C(=O)N2c2nccs2)c1. The van der Waals surface area contributed by atoms with Gasteiger partial charge in [0.2, 0.25) is 5.78 Å². The first kappa shape index (κ1) is 17.0. The Morgan fingerprint density at radius 2 is 2.19 bits per heavy atom. The molecule has 1 amide bonds. The van der Waals surface area contributed by atoms with E-state index in [2.05, 4.69) is 4.98 Å². The van der Waals surface area contributed by atoms with Crippen molar-refractivity contribution in [2.45, 2.75) is 6.04 Å². The monoisotopic (exact) mass is 382 g/mol. The minimum atomic E-state index is -0.851. The van der Waals surface area contributed by atoms with Crippen LogP contribution < -0.4 is 9.64 Å². The molecule has 0 bridgehead atoms. The highest BCUT2D eigenvalue weighted by molar-refractivity contribution is 7.13. The molecule has 8 heteroatoms. The number of hydrogen-bond donors (Lipinski definition) is 1. The maximum atomic E-state index is 13.0. The first-order valence-electron chi connectivity index (χ1n) is 8.00. The van der Waals surface area contributed by atoms with Gasteiger partial charge in [0.25, 0.3) is 5.91 Å². The number of rotatable bonds is 5. The molecule has 0 radical (unpaired) electrons. The Balaban J connectivity index is 1.89. The number of carbonyl (C=O) groups excluding carboxylic acids is 2. The van der Waals surface area contributed by atoms with Gasteiger partial charge in [0.15, 0.2) is 16.7 Å². The molecule has 2 aromatic heterocycles. The Morgan fingerprint density at radius 3 is 2.85 bits per heavy atom. The van der Waals surface area contributed by atoms with Crippen molar-refractivity contribution in [1.29, 1.82) is 0 Å². The number of methoxy groups -OCH3 is 1. The van der Waals surface area contributed by atoms with E-state index in [1.807, 2.05) is 0 Å². The molecule has 7 nitrogen and oxygen atoms in total. The summed E-state index contributed by atoms with van der Waals surface area (Å²) in [5.74, 6) is -1.25. The van der Waals surface area contributed by atoms with Gasteiger partial charge in [-0.05, 0) is 29.8 Å². The Bertz CT molecular complexity index is 1020. The molecule has 3 aromatic rings. The number of benzene rings is 1. The van der Waals surface area contributed by atoms with Gasteiger partial charge in [0.1, 0.15) is 5.75 Å². The quantitative estimate of drug-likeness (QED) is 0.679. The number of ether oxygens (including phenoxy) is 1. The van der Waals surface area contributed by atoms with Crippen LogP contribution in [-0.4, -0.2) is 28.9 Å². The largest absolute Gasteiger partial charge is 0.503 e. The van der Waals surface area contributed by atoms with Gasteiger partial charge >= 0.3 is 0 Å².